The third kappa shape index (κ3) is 2.31. The molecule has 4 rings (SSSR count). The lowest BCUT2D eigenvalue weighted by molar-refractivity contribution is -0.129. The summed E-state index contributed by atoms with van der Waals surface area (Å²) in [6.45, 7) is 2.38. The van der Waals surface area contributed by atoms with Gasteiger partial charge in [-0.05, 0) is 24.8 Å². The van der Waals surface area contributed by atoms with Crippen LogP contribution in [0.5, 0.6) is 0 Å². The van der Waals surface area contributed by atoms with Crippen LogP contribution in [0.4, 0.5) is 5.82 Å². The third-order valence-corrected chi connectivity index (χ3v) is 4.97. The predicted molar refractivity (Wildman–Crippen MR) is 84.6 cm³/mol. The molecule has 2 aromatic rings. The first-order valence-electron chi connectivity index (χ1n) is 7.97. The van der Waals surface area contributed by atoms with E-state index in [-0.39, 0.29) is 18.4 Å². The molecule has 0 unspecified atom stereocenters. The van der Waals surface area contributed by atoms with E-state index in [0.717, 1.165) is 42.8 Å². The Morgan fingerprint density at radius 1 is 1.43 bits per heavy atom. The Bertz CT molecular complexity index is 778. The average Bonchev–Trinajstić information content (AvgIpc) is 3.20. The Kier molecular flexibility index (Phi) is 3.37. The van der Waals surface area contributed by atoms with Crippen LogP contribution < -0.4 is 4.90 Å². The standard InChI is InChI=1S/C16H18N6O/c17-5-3-14(23)21-8-11-2-1-7-22(13(11)9-21)16-12-4-6-18-15(12)19-10-20-16/h4,6,10-11,13H,1-3,7-9H2,(H,18,19,20)/t11-,13+/m0/s1. The van der Waals surface area contributed by atoms with E-state index in [0.29, 0.717) is 12.5 Å². The van der Waals surface area contributed by atoms with Crippen LogP contribution in [0.1, 0.15) is 19.3 Å². The number of anilines is 1. The Morgan fingerprint density at radius 3 is 3.22 bits per heavy atom. The van der Waals surface area contributed by atoms with E-state index in [2.05, 4.69) is 19.9 Å². The zero-order valence-electron chi connectivity index (χ0n) is 12.8. The molecule has 7 nitrogen and oxygen atoms in total. The van der Waals surface area contributed by atoms with Crippen molar-refractivity contribution in [3.63, 3.8) is 0 Å². The number of nitriles is 1. The molecule has 2 atom stereocenters. The predicted octanol–water partition coefficient (Wildman–Crippen LogP) is 1.30. The maximum Gasteiger partial charge on any atom is 0.236 e. The number of likely N-dealkylation sites (tertiary alicyclic amines) is 1. The van der Waals surface area contributed by atoms with Gasteiger partial charge in [-0.3, -0.25) is 4.79 Å². The Morgan fingerprint density at radius 2 is 2.35 bits per heavy atom. The minimum absolute atomic E-state index is 0.0327. The number of hydrogen-bond donors (Lipinski definition) is 1. The lowest BCUT2D eigenvalue weighted by Crippen LogP contribution is -2.46. The van der Waals surface area contributed by atoms with Crippen molar-refractivity contribution in [3.05, 3.63) is 18.6 Å². The number of aromatic amines is 1. The number of nitrogens with zero attached hydrogens (tertiary/aromatic N) is 5. The Labute approximate surface area is 133 Å². The van der Waals surface area contributed by atoms with Crippen molar-refractivity contribution in [3.8, 4) is 6.07 Å². The van der Waals surface area contributed by atoms with Crippen molar-refractivity contribution in [1.29, 1.82) is 5.26 Å². The highest BCUT2D eigenvalue weighted by Gasteiger charge is 2.41. The van der Waals surface area contributed by atoms with Gasteiger partial charge < -0.3 is 14.8 Å². The maximum absolute atomic E-state index is 12.1. The smallest absolute Gasteiger partial charge is 0.236 e. The fraction of sp³-hybridized carbons (Fsp3) is 0.500. The molecule has 1 amide bonds. The summed E-state index contributed by atoms with van der Waals surface area (Å²) in [5.41, 5.74) is 0.840. The molecule has 0 spiro atoms. The van der Waals surface area contributed by atoms with Gasteiger partial charge >= 0.3 is 0 Å². The highest BCUT2D eigenvalue weighted by atomic mass is 16.2. The highest BCUT2D eigenvalue weighted by molar-refractivity contribution is 5.87. The number of amides is 1. The highest BCUT2D eigenvalue weighted by Crippen LogP contribution is 2.35. The van der Waals surface area contributed by atoms with Crippen LogP contribution in [0.15, 0.2) is 18.6 Å². The second kappa shape index (κ2) is 5.54. The normalized spacial score (nSPS) is 23.8. The largest absolute Gasteiger partial charge is 0.351 e. The molecule has 0 radical (unpaired) electrons. The fourth-order valence-corrected chi connectivity index (χ4v) is 3.91. The molecule has 0 aliphatic carbocycles. The van der Waals surface area contributed by atoms with Gasteiger partial charge in [-0.15, -0.1) is 0 Å². The van der Waals surface area contributed by atoms with E-state index < -0.39 is 0 Å². The van der Waals surface area contributed by atoms with Gasteiger partial charge in [0.05, 0.1) is 17.5 Å². The number of carbonyl (C=O) groups is 1. The first-order valence-corrected chi connectivity index (χ1v) is 7.97. The number of rotatable bonds is 2. The van der Waals surface area contributed by atoms with Gasteiger partial charge in [0, 0.05) is 25.8 Å². The van der Waals surface area contributed by atoms with Crippen molar-refractivity contribution in [1.82, 2.24) is 19.9 Å². The number of fused-ring (bicyclic) bond motifs is 2. The molecule has 2 aliphatic heterocycles. The maximum atomic E-state index is 12.1. The lowest BCUT2D eigenvalue weighted by atomic mass is 9.92. The van der Waals surface area contributed by atoms with E-state index in [1.54, 1.807) is 6.33 Å². The average molecular weight is 310 g/mol. The van der Waals surface area contributed by atoms with Gasteiger partial charge in [0.2, 0.25) is 5.91 Å². The summed E-state index contributed by atoms with van der Waals surface area (Å²) in [6, 6.07) is 4.24. The fourth-order valence-electron chi connectivity index (χ4n) is 3.91. The van der Waals surface area contributed by atoms with Crippen LogP contribution >= 0.6 is 0 Å². The first-order chi connectivity index (χ1) is 11.3. The Hall–Kier alpha value is -2.62. The van der Waals surface area contributed by atoms with Crippen molar-refractivity contribution in [2.24, 2.45) is 5.92 Å². The van der Waals surface area contributed by atoms with Crippen LogP contribution in [0, 0.1) is 17.2 Å². The van der Waals surface area contributed by atoms with Crippen LogP contribution in [0.25, 0.3) is 11.0 Å². The van der Waals surface area contributed by atoms with E-state index in [4.69, 9.17) is 5.26 Å². The molecule has 7 heteroatoms. The summed E-state index contributed by atoms with van der Waals surface area (Å²) >= 11 is 0. The quantitative estimate of drug-likeness (QED) is 0.903. The second-order valence-corrected chi connectivity index (χ2v) is 6.23. The van der Waals surface area contributed by atoms with E-state index in [1.165, 1.54) is 0 Å². The monoisotopic (exact) mass is 310 g/mol. The van der Waals surface area contributed by atoms with Gasteiger partial charge in [-0.1, -0.05) is 0 Å². The molecule has 2 fully saturated rings. The van der Waals surface area contributed by atoms with E-state index in [1.807, 2.05) is 23.2 Å². The molecule has 2 aromatic heterocycles. The molecule has 0 bridgehead atoms. The number of hydrogen-bond acceptors (Lipinski definition) is 5. The van der Waals surface area contributed by atoms with Crippen molar-refractivity contribution in [2.45, 2.75) is 25.3 Å². The van der Waals surface area contributed by atoms with Gasteiger partial charge in [0.25, 0.3) is 0 Å². The molecule has 2 saturated heterocycles. The summed E-state index contributed by atoms with van der Waals surface area (Å²) in [7, 11) is 0. The van der Waals surface area contributed by atoms with Crippen LogP contribution in [-0.2, 0) is 4.79 Å². The number of piperidine rings is 1. The van der Waals surface area contributed by atoms with Crippen molar-refractivity contribution in [2.75, 3.05) is 24.5 Å². The SMILES string of the molecule is N#CCC(=O)N1C[C@@H]2CCCN(c3ncnc4[nH]ccc34)[C@@H]2C1. The van der Waals surface area contributed by atoms with Crippen molar-refractivity contribution >= 4 is 22.8 Å². The summed E-state index contributed by atoms with van der Waals surface area (Å²) in [4.78, 5) is 28.1. The molecular formula is C16H18N6O. The van der Waals surface area contributed by atoms with Gasteiger partial charge in [0.1, 0.15) is 24.2 Å². The first kappa shape index (κ1) is 14.0. The summed E-state index contributed by atoms with van der Waals surface area (Å²) in [5, 5.41) is 9.78. The van der Waals surface area contributed by atoms with Crippen molar-refractivity contribution < 1.29 is 4.79 Å². The molecule has 118 valence electrons. The minimum Gasteiger partial charge on any atom is -0.351 e. The topological polar surface area (TPSA) is 88.9 Å². The zero-order chi connectivity index (χ0) is 15.8. The number of nitrogens with one attached hydrogen (secondary N) is 1. The molecule has 4 heterocycles. The molecule has 0 saturated carbocycles. The van der Waals surface area contributed by atoms with E-state index >= 15 is 0 Å². The van der Waals surface area contributed by atoms with Gasteiger partial charge in [-0.25, -0.2) is 9.97 Å². The molecule has 1 N–H and O–H groups in total. The third-order valence-electron chi connectivity index (χ3n) is 4.97. The van der Waals surface area contributed by atoms with Crippen LogP contribution in [0.2, 0.25) is 0 Å². The lowest BCUT2D eigenvalue weighted by Gasteiger charge is -2.37. The molecule has 0 aromatic carbocycles. The van der Waals surface area contributed by atoms with Gasteiger partial charge in [0.15, 0.2) is 0 Å². The van der Waals surface area contributed by atoms with E-state index in [9.17, 15) is 4.79 Å². The summed E-state index contributed by atoms with van der Waals surface area (Å²) in [5.74, 6) is 1.34. The summed E-state index contributed by atoms with van der Waals surface area (Å²) < 4.78 is 0. The Balaban J connectivity index is 1.64. The van der Waals surface area contributed by atoms with Gasteiger partial charge in [-0.2, -0.15) is 5.26 Å². The van der Waals surface area contributed by atoms with Crippen LogP contribution in [0.3, 0.4) is 0 Å². The number of carbonyl (C=O) groups excluding carboxylic acids is 1. The molecule has 23 heavy (non-hydrogen) atoms. The number of aromatic nitrogens is 3. The second-order valence-electron chi connectivity index (χ2n) is 6.23. The minimum atomic E-state index is -0.0590. The molecular weight excluding hydrogens is 292 g/mol. The number of H-pyrrole nitrogens is 1. The zero-order valence-corrected chi connectivity index (χ0v) is 12.8. The molecule has 2 aliphatic rings. The van der Waals surface area contributed by atoms with Crippen LogP contribution in [-0.4, -0.2) is 51.4 Å². The summed E-state index contributed by atoms with van der Waals surface area (Å²) in [6.07, 6.45) is 5.65.